The molecular weight excluding hydrogens is 284 g/mol. The van der Waals surface area contributed by atoms with Gasteiger partial charge in [-0.25, -0.2) is 0 Å². The number of anilines is 1. The van der Waals surface area contributed by atoms with Gasteiger partial charge in [0.1, 0.15) is 17.1 Å². The van der Waals surface area contributed by atoms with Gasteiger partial charge in [-0.05, 0) is 29.6 Å². The van der Waals surface area contributed by atoms with Gasteiger partial charge in [-0.15, -0.1) is 16.4 Å². The van der Waals surface area contributed by atoms with Gasteiger partial charge in [0, 0.05) is 5.02 Å². The van der Waals surface area contributed by atoms with E-state index in [9.17, 15) is 5.11 Å². The summed E-state index contributed by atoms with van der Waals surface area (Å²) in [5.41, 5.74) is 7.03. The zero-order chi connectivity index (χ0) is 13.4. The molecule has 0 saturated heterocycles. The van der Waals surface area contributed by atoms with Gasteiger partial charge in [0.05, 0.1) is 4.88 Å². The van der Waals surface area contributed by atoms with E-state index in [4.69, 9.17) is 17.3 Å². The molecule has 0 unspecified atom stereocenters. The number of hydrogen-bond donors (Lipinski definition) is 2. The molecule has 2 heterocycles. The molecule has 0 radical (unpaired) electrons. The van der Waals surface area contributed by atoms with Crippen molar-refractivity contribution in [3.05, 3.63) is 40.7 Å². The van der Waals surface area contributed by atoms with Crippen LogP contribution in [-0.4, -0.2) is 20.1 Å². The van der Waals surface area contributed by atoms with Crippen molar-refractivity contribution in [2.45, 2.75) is 0 Å². The zero-order valence-corrected chi connectivity index (χ0v) is 11.2. The highest BCUT2D eigenvalue weighted by molar-refractivity contribution is 7.13. The fourth-order valence-electron chi connectivity index (χ4n) is 1.72. The number of nitrogen functional groups attached to an aromatic ring is 1. The third-order valence-corrected chi connectivity index (χ3v) is 3.74. The Morgan fingerprint density at radius 2 is 2.16 bits per heavy atom. The van der Waals surface area contributed by atoms with Crippen molar-refractivity contribution in [1.82, 2.24) is 15.0 Å². The Bertz CT molecular complexity index is 723. The van der Waals surface area contributed by atoms with E-state index < -0.39 is 0 Å². The molecule has 0 atom stereocenters. The van der Waals surface area contributed by atoms with E-state index in [-0.39, 0.29) is 5.75 Å². The number of nitrogens with zero attached hydrogens (tertiary/aromatic N) is 3. The number of aromatic hydroxyl groups is 1. The van der Waals surface area contributed by atoms with Crippen LogP contribution >= 0.6 is 22.9 Å². The number of nitrogens with two attached hydrogens (primary N) is 1. The zero-order valence-electron chi connectivity index (χ0n) is 9.62. The van der Waals surface area contributed by atoms with Gasteiger partial charge < -0.3 is 10.8 Å². The normalized spacial score (nSPS) is 10.8. The molecule has 0 bridgehead atoms. The Hall–Kier alpha value is -2.05. The standard InChI is InChI=1S/C12H9ClN4OS/c13-7-3-4-9(18)8(6-7)17-12(14)11(15-16-17)10-2-1-5-19-10/h1-6,18H,14H2. The fourth-order valence-corrected chi connectivity index (χ4v) is 2.61. The Kier molecular flexibility index (Phi) is 2.88. The van der Waals surface area contributed by atoms with Gasteiger partial charge in [-0.1, -0.05) is 22.9 Å². The molecule has 2 aromatic heterocycles. The van der Waals surface area contributed by atoms with Crippen LogP contribution in [0.15, 0.2) is 35.7 Å². The van der Waals surface area contributed by atoms with Crippen molar-refractivity contribution in [2.24, 2.45) is 0 Å². The second-order valence-electron chi connectivity index (χ2n) is 3.85. The van der Waals surface area contributed by atoms with Crippen molar-refractivity contribution in [2.75, 3.05) is 5.73 Å². The molecule has 3 aromatic rings. The van der Waals surface area contributed by atoms with E-state index in [0.717, 1.165) is 4.88 Å². The van der Waals surface area contributed by atoms with Crippen LogP contribution in [0.25, 0.3) is 16.3 Å². The van der Waals surface area contributed by atoms with Crippen molar-refractivity contribution in [3.8, 4) is 22.0 Å². The average molecular weight is 293 g/mol. The fraction of sp³-hybridized carbons (Fsp3) is 0. The molecule has 19 heavy (non-hydrogen) atoms. The Morgan fingerprint density at radius 1 is 1.32 bits per heavy atom. The average Bonchev–Trinajstić information content (AvgIpc) is 3.01. The van der Waals surface area contributed by atoms with E-state index in [2.05, 4.69) is 10.3 Å². The second-order valence-corrected chi connectivity index (χ2v) is 5.23. The van der Waals surface area contributed by atoms with Gasteiger partial charge in [-0.3, -0.25) is 0 Å². The summed E-state index contributed by atoms with van der Waals surface area (Å²) in [5.74, 6) is 0.402. The van der Waals surface area contributed by atoms with Crippen molar-refractivity contribution < 1.29 is 5.11 Å². The molecular formula is C12H9ClN4OS. The number of phenolic OH excluding ortho intramolecular Hbond substituents is 1. The van der Waals surface area contributed by atoms with Crippen LogP contribution in [-0.2, 0) is 0 Å². The molecule has 0 aliphatic heterocycles. The van der Waals surface area contributed by atoms with E-state index >= 15 is 0 Å². The first-order valence-electron chi connectivity index (χ1n) is 5.41. The molecule has 3 rings (SSSR count). The van der Waals surface area contributed by atoms with Crippen LogP contribution < -0.4 is 5.73 Å². The Morgan fingerprint density at radius 3 is 2.89 bits per heavy atom. The number of benzene rings is 1. The minimum Gasteiger partial charge on any atom is -0.506 e. The van der Waals surface area contributed by atoms with E-state index in [0.29, 0.717) is 22.2 Å². The summed E-state index contributed by atoms with van der Waals surface area (Å²) in [6, 6.07) is 8.49. The molecule has 96 valence electrons. The SMILES string of the molecule is Nc1c(-c2cccs2)nnn1-c1cc(Cl)ccc1O. The summed E-state index contributed by atoms with van der Waals surface area (Å²) >= 11 is 7.44. The van der Waals surface area contributed by atoms with E-state index in [1.165, 1.54) is 22.1 Å². The molecule has 0 aliphatic rings. The number of aromatic nitrogens is 3. The van der Waals surface area contributed by atoms with Gasteiger partial charge in [0.15, 0.2) is 5.82 Å². The third kappa shape index (κ3) is 2.05. The first-order valence-corrected chi connectivity index (χ1v) is 6.66. The molecule has 0 amide bonds. The summed E-state index contributed by atoms with van der Waals surface area (Å²) in [4.78, 5) is 0.922. The van der Waals surface area contributed by atoms with Gasteiger partial charge in [0.25, 0.3) is 0 Å². The summed E-state index contributed by atoms with van der Waals surface area (Å²) in [6.07, 6.45) is 0. The number of halogens is 1. The van der Waals surface area contributed by atoms with Gasteiger partial charge in [0.2, 0.25) is 0 Å². The molecule has 0 saturated carbocycles. The minimum absolute atomic E-state index is 0.0405. The third-order valence-electron chi connectivity index (χ3n) is 2.63. The maximum Gasteiger partial charge on any atom is 0.156 e. The highest BCUT2D eigenvalue weighted by Crippen LogP contribution is 2.32. The number of hydrogen-bond acceptors (Lipinski definition) is 5. The predicted molar refractivity (Wildman–Crippen MR) is 75.8 cm³/mol. The number of thiophene rings is 1. The topological polar surface area (TPSA) is 77.0 Å². The lowest BCUT2D eigenvalue weighted by Crippen LogP contribution is -2.02. The molecule has 5 nitrogen and oxygen atoms in total. The monoisotopic (exact) mass is 292 g/mol. The van der Waals surface area contributed by atoms with Crippen molar-refractivity contribution >= 4 is 28.8 Å². The molecule has 0 fully saturated rings. The maximum atomic E-state index is 9.85. The molecule has 3 N–H and O–H groups in total. The minimum atomic E-state index is 0.0405. The quantitative estimate of drug-likeness (QED) is 0.761. The predicted octanol–water partition coefficient (Wildman–Crippen LogP) is 2.94. The van der Waals surface area contributed by atoms with E-state index in [1.807, 2.05) is 17.5 Å². The summed E-state index contributed by atoms with van der Waals surface area (Å²) in [5, 5.41) is 20.3. The van der Waals surface area contributed by atoms with Crippen molar-refractivity contribution in [1.29, 1.82) is 0 Å². The van der Waals surface area contributed by atoms with Crippen LogP contribution in [0.2, 0.25) is 5.02 Å². The van der Waals surface area contributed by atoms with Crippen LogP contribution in [0.3, 0.4) is 0 Å². The molecule has 0 spiro atoms. The Balaban J connectivity index is 2.15. The lowest BCUT2D eigenvalue weighted by Gasteiger charge is -2.06. The molecule has 1 aromatic carbocycles. The van der Waals surface area contributed by atoms with Crippen LogP contribution in [0, 0.1) is 0 Å². The first-order chi connectivity index (χ1) is 9.16. The highest BCUT2D eigenvalue weighted by Gasteiger charge is 2.16. The largest absolute Gasteiger partial charge is 0.506 e. The lowest BCUT2D eigenvalue weighted by molar-refractivity contribution is 0.470. The van der Waals surface area contributed by atoms with Crippen molar-refractivity contribution in [3.63, 3.8) is 0 Å². The summed E-state index contributed by atoms with van der Waals surface area (Å²) in [7, 11) is 0. The summed E-state index contributed by atoms with van der Waals surface area (Å²) in [6.45, 7) is 0. The second kappa shape index (κ2) is 4.56. The number of rotatable bonds is 2. The molecule has 0 aliphatic carbocycles. The molecule has 7 heteroatoms. The number of phenols is 1. The smallest absolute Gasteiger partial charge is 0.156 e. The first kappa shape index (κ1) is 12.0. The highest BCUT2D eigenvalue weighted by atomic mass is 35.5. The van der Waals surface area contributed by atoms with Gasteiger partial charge >= 0.3 is 0 Å². The summed E-state index contributed by atoms with van der Waals surface area (Å²) < 4.78 is 1.37. The van der Waals surface area contributed by atoms with E-state index in [1.54, 1.807) is 12.1 Å². The maximum absolute atomic E-state index is 9.85. The Labute approximate surface area is 117 Å². The van der Waals surface area contributed by atoms with Crippen LogP contribution in [0.5, 0.6) is 5.75 Å². The van der Waals surface area contributed by atoms with Gasteiger partial charge in [-0.2, -0.15) is 4.68 Å². The lowest BCUT2D eigenvalue weighted by atomic mass is 10.3. The van der Waals surface area contributed by atoms with Crippen LogP contribution in [0.1, 0.15) is 0 Å². The van der Waals surface area contributed by atoms with Crippen LogP contribution in [0.4, 0.5) is 5.82 Å².